The predicted molar refractivity (Wildman–Crippen MR) is 81.3 cm³/mol. The van der Waals surface area contributed by atoms with Crippen molar-refractivity contribution in [2.75, 3.05) is 5.32 Å². The lowest BCUT2D eigenvalue weighted by molar-refractivity contribution is 0.756. The molecule has 0 saturated carbocycles. The zero-order valence-electron chi connectivity index (χ0n) is 10.1. The quantitative estimate of drug-likeness (QED) is 0.852. The average molecular weight is 325 g/mol. The summed E-state index contributed by atoms with van der Waals surface area (Å²) < 4.78 is 2.72. The Labute approximate surface area is 119 Å². The third-order valence-corrected chi connectivity index (χ3v) is 3.24. The Balaban J connectivity index is 2.42. The number of thiocarbonyl (C=S) groups is 1. The Kier molecular flexibility index (Phi) is 3.68. The first kappa shape index (κ1) is 13.0. The van der Waals surface area contributed by atoms with E-state index in [2.05, 4.69) is 26.3 Å². The van der Waals surface area contributed by atoms with Crippen LogP contribution < -0.4 is 11.1 Å². The van der Waals surface area contributed by atoms with E-state index in [1.54, 1.807) is 4.68 Å². The van der Waals surface area contributed by atoms with Crippen LogP contribution in [0.2, 0.25) is 0 Å². The molecule has 0 aliphatic heterocycles. The molecule has 0 aliphatic carbocycles. The van der Waals surface area contributed by atoms with E-state index in [9.17, 15) is 0 Å². The first-order valence-electron chi connectivity index (χ1n) is 5.34. The van der Waals surface area contributed by atoms with Gasteiger partial charge in [-0.2, -0.15) is 5.10 Å². The first-order valence-corrected chi connectivity index (χ1v) is 6.54. The second-order valence-corrected chi connectivity index (χ2v) is 5.34. The van der Waals surface area contributed by atoms with Crippen LogP contribution >= 0.6 is 28.1 Å². The average Bonchev–Trinajstić information content (AvgIpc) is 2.57. The predicted octanol–water partition coefficient (Wildman–Crippen LogP) is 2.87. The molecule has 6 heteroatoms. The van der Waals surface area contributed by atoms with Crippen molar-refractivity contribution in [2.24, 2.45) is 12.8 Å². The van der Waals surface area contributed by atoms with Crippen molar-refractivity contribution >= 4 is 44.5 Å². The molecule has 18 heavy (non-hydrogen) atoms. The molecule has 0 fully saturated rings. The topological polar surface area (TPSA) is 55.9 Å². The van der Waals surface area contributed by atoms with Crippen molar-refractivity contribution in [3.8, 4) is 0 Å². The van der Waals surface area contributed by atoms with Crippen LogP contribution in [0, 0.1) is 6.92 Å². The second kappa shape index (κ2) is 5.07. The number of benzene rings is 1. The number of aromatic nitrogens is 2. The van der Waals surface area contributed by atoms with Crippen molar-refractivity contribution < 1.29 is 0 Å². The molecule has 1 aromatic heterocycles. The third-order valence-electron chi connectivity index (χ3n) is 2.53. The summed E-state index contributed by atoms with van der Waals surface area (Å²) in [6, 6.07) is 5.75. The summed E-state index contributed by atoms with van der Waals surface area (Å²) >= 11 is 8.49. The van der Waals surface area contributed by atoms with Crippen LogP contribution in [0.15, 0.2) is 28.9 Å². The van der Waals surface area contributed by atoms with E-state index in [0.29, 0.717) is 4.99 Å². The van der Waals surface area contributed by atoms with Gasteiger partial charge in [0.1, 0.15) is 4.99 Å². The van der Waals surface area contributed by atoms with E-state index < -0.39 is 0 Å². The summed E-state index contributed by atoms with van der Waals surface area (Å²) in [7, 11) is 1.88. The molecule has 2 aromatic rings. The molecule has 0 aliphatic rings. The molecule has 0 bridgehead atoms. The van der Waals surface area contributed by atoms with Gasteiger partial charge in [0.15, 0.2) is 0 Å². The number of nitrogens with one attached hydrogen (secondary N) is 1. The normalized spacial score (nSPS) is 10.4. The monoisotopic (exact) mass is 324 g/mol. The molecule has 0 atom stereocenters. The molecule has 2 rings (SSSR count). The second-order valence-electron chi connectivity index (χ2n) is 3.98. The fraction of sp³-hybridized carbons (Fsp3) is 0.167. The highest BCUT2D eigenvalue weighted by Crippen LogP contribution is 2.26. The number of aryl methyl sites for hydroxylation is 2. The lowest BCUT2D eigenvalue weighted by Gasteiger charge is -2.10. The first-order chi connectivity index (χ1) is 8.47. The molecule has 0 amide bonds. The van der Waals surface area contributed by atoms with Gasteiger partial charge in [0, 0.05) is 29.0 Å². The van der Waals surface area contributed by atoms with Crippen LogP contribution in [0.1, 0.15) is 11.3 Å². The molecule has 0 saturated heterocycles. The Hall–Kier alpha value is -1.40. The third kappa shape index (κ3) is 2.70. The van der Waals surface area contributed by atoms with Crippen LogP contribution in [0.5, 0.6) is 0 Å². The zero-order valence-corrected chi connectivity index (χ0v) is 12.5. The van der Waals surface area contributed by atoms with Gasteiger partial charge in [0.25, 0.3) is 0 Å². The summed E-state index contributed by atoms with van der Waals surface area (Å²) in [4.78, 5) is 0.367. The summed E-state index contributed by atoms with van der Waals surface area (Å²) in [6.45, 7) is 1.95. The summed E-state index contributed by atoms with van der Waals surface area (Å²) in [5, 5.41) is 7.59. The van der Waals surface area contributed by atoms with Crippen LogP contribution in [-0.4, -0.2) is 14.8 Å². The standard InChI is InChI=1S/C12H13BrN4S/c1-7-11(6-17(2)16-7)15-10-5-8(13)3-4-9(10)12(14)18/h3-6,15H,1-2H3,(H2,14,18). The number of halogens is 1. The van der Waals surface area contributed by atoms with Gasteiger partial charge in [-0.15, -0.1) is 0 Å². The minimum absolute atomic E-state index is 0.367. The highest BCUT2D eigenvalue weighted by Gasteiger charge is 2.09. The molecule has 0 radical (unpaired) electrons. The van der Waals surface area contributed by atoms with Gasteiger partial charge in [-0.05, 0) is 25.1 Å². The number of nitrogens with zero attached hydrogens (tertiary/aromatic N) is 2. The minimum atomic E-state index is 0.367. The lowest BCUT2D eigenvalue weighted by Crippen LogP contribution is -2.11. The maximum absolute atomic E-state index is 5.72. The molecule has 1 aromatic carbocycles. The maximum atomic E-state index is 5.72. The lowest BCUT2D eigenvalue weighted by atomic mass is 10.1. The van der Waals surface area contributed by atoms with Crippen molar-refractivity contribution in [1.82, 2.24) is 9.78 Å². The molecule has 94 valence electrons. The van der Waals surface area contributed by atoms with E-state index >= 15 is 0 Å². The minimum Gasteiger partial charge on any atom is -0.389 e. The molecular weight excluding hydrogens is 312 g/mol. The Morgan fingerprint density at radius 3 is 2.72 bits per heavy atom. The highest BCUT2D eigenvalue weighted by molar-refractivity contribution is 9.10. The number of anilines is 2. The number of hydrogen-bond donors (Lipinski definition) is 2. The Morgan fingerprint density at radius 2 is 2.17 bits per heavy atom. The summed E-state index contributed by atoms with van der Waals surface area (Å²) in [6.07, 6.45) is 1.92. The summed E-state index contributed by atoms with van der Waals surface area (Å²) in [5.41, 5.74) is 9.26. The van der Waals surface area contributed by atoms with Crippen LogP contribution in [0.3, 0.4) is 0 Å². The van der Waals surface area contributed by atoms with Gasteiger partial charge in [-0.1, -0.05) is 28.1 Å². The van der Waals surface area contributed by atoms with Crippen LogP contribution in [-0.2, 0) is 7.05 Å². The highest BCUT2D eigenvalue weighted by atomic mass is 79.9. The van der Waals surface area contributed by atoms with E-state index in [0.717, 1.165) is 27.1 Å². The maximum Gasteiger partial charge on any atom is 0.106 e. The van der Waals surface area contributed by atoms with E-state index in [-0.39, 0.29) is 0 Å². The molecule has 1 heterocycles. The van der Waals surface area contributed by atoms with Crippen molar-refractivity contribution in [3.05, 3.63) is 40.1 Å². The number of hydrogen-bond acceptors (Lipinski definition) is 3. The SMILES string of the molecule is Cc1nn(C)cc1Nc1cc(Br)ccc1C(N)=S. The van der Waals surface area contributed by atoms with Crippen molar-refractivity contribution in [3.63, 3.8) is 0 Å². The van der Waals surface area contributed by atoms with Crippen LogP contribution in [0.25, 0.3) is 0 Å². The number of rotatable bonds is 3. The van der Waals surface area contributed by atoms with Crippen molar-refractivity contribution in [2.45, 2.75) is 6.92 Å². The molecule has 0 unspecified atom stereocenters. The molecule has 4 nitrogen and oxygen atoms in total. The largest absolute Gasteiger partial charge is 0.389 e. The van der Waals surface area contributed by atoms with E-state index in [1.807, 2.05) is 38.4 Å². The van der Waals surface area contributed by atoms with Gasteiger partial charge < -0.3 is 11.1 Å². The molecule has 3 N–H and O–H groups in total. The zero-order chi connectivity index (χ0) is 13.3. The molecule has 0 spiro atoms. The smallest absolute Gasteiger partial charge is 0.106 e. The van der Waals surface area contributed by atoms with Gasteiger partial charge in [0.05, 0.1) is 11.4 Å². The summed E-state index contributed by atoms with van der Waals surface area (Å²) in [5.74, 6) is 0. The van der Waals surface area contributed by atoms with E-state index in [4.69, 9.17) is 18.0 Å². The van der Waals surface area contributed by atoms with Gasteiger partial charge in [-0.25, -0.2) is 0 Å². The van der Waals surface area contributed by atoms with Gasteiger partial charge >= 0.3 is 0 Å². The van der Waals surface area contributed by atoms with Gasteiger partial charge in [-0.3, -0.25) is 4.68 Å². The van der Waals surface area contributed by atoms with Gasteiger partial charge in [0.2, 0.25) is 0 Å². The van der Waals surface area contributed by atoms with E-state index in [1.165, 1.54) is 0 Å². The van der Waals surface area contributed by atoms with Crippen LogP contribution in [0.4, 0.5) is 11.4 Å². The Morgan fingerprint density at radius 1 is 1.44 bits per heavy atom. The Bertz CT molecular complexity index is 606. The molecular formula is C12H13BrN4S. The fourth-order valence-corrected chi connectivity index (χ4v) is 2.24. The fourth-order valence-electron chi connectivity index (χ4n) is 1.70. The van der Waals surface area contributed by atoms with Crippen molar-refractivity contribution in [1.29, 1.82) is 0 Å². The number of nitrogens with two attached hydrogens (primary N) is 1.